The van der Waals surface area contributed by atoms with Crippen molar-refractivity contribution in [1.82, 2.24) is 9.88 Å². The summed E-state index contributed by atoms with van der Waals surface area (Å²) in [6.45, 7) is 8.21. The quantitative estimate of drug-likeness (QED) is 0.269. The van der Waals surface area contributed by atoms with Gasteiger partial charge in [0.25, 0.3) is 10.0 Å². The van der Waals surface area contributed by atoms with Gasteiger partial charge in [0.15, 0.2) is 5.03 Å². The third kappa shape index (κ3) is 8.12. The molecule has 2 rings (SSSR count). The lowest BCUT2D eigenvalue weighted by Crippen LogP contribution is -2.37. The van der Waals surface area contributed by atoms with Gasteiger partial charge in [-0.05, 0) is 32.4 Å². The SMILES string of the molecule is CCOP(=O)(C=NS(=O)(=O)c1ccc(OCCCN2CCOCC2)cn1)OCC. The van der Waals surface area contributed by atoms with Gasteiger partial charge < -0.3 is 18.5 Å². The molecule has 0 radical (unpaired) electrons. The molecule has 0 amide bonds. The van der Waals surface area contributed by atoms with Crippen LogP contribution in [-0.2, 0) is 28.4 Å². The van der Waals surface area contributed by atoms with E-state index in [0.29, 0.717) is 18.3 Å². The van der Waals surface area contributed by atoms with Crippen LogP contribution in [0.5, 0.6) is 5.75 Å². The molecule has 1 aliphatic rings. The average Bonchev–Trinajstić information content (AvgIpc) is 2.71. The van der Waals surface area contributed by atoms with Gasteiger partial charge in [0.1, 0.15) is 11.7 Å². The van der Waals surface area contributed by atoms with E-state index in [1.54, 1.807) is 13.8 Å². The Morgan fingerprint density at radius 3 is 2.52 bits per heavy atom. The second-order valence-corrected chi connectivity index (χ2v) is 9.47. The Hall–Kier alpha value is -1.36. The molecule has 29 heavy (non-hydrogen) atoms. The number of morpholine rings is 1. The molecule has 2 heterocycles. The Bertz CT molecular complexity index is 786. The fourth-order valence-electron chi connectivity index (χ4n) is 2.55. The zero-order valence-corrected chi connectivity index (χ0v) is 18.4. The third-order valence-electron chi connectivity index (χ3n) is 3.91. The smallest absolute Gasteiger partial charge is 0.373 e. The molecule has 0 N–H and O–H groups in total. The Morgan fingerprint density at radius 2 is 1.93 bits per heavy atom. The maximum absolute atomic E-state index is 12.3. The summed E-state index contributed by atoms with van der Waals surface area (Å²) in [7, 11) is -7.85. The van der Waals surface area contributed by atoms with Crippen LogP contribution in [0.4, 0.5) is 0 Å². The van der Waals surface area contributed by atoms with Crippen LogP contribution in [0.1, 0.15) is 20.3 Å². The van der Waals surface area contributed by atoms with Crippen LogP contribution in [0.15, 0.2) is 27.8 Å². The highest BCUT2D eigenvalue weighted by Crippen LogP contribution is 2.45. The van der Waals surface area contributed by atoms with E-state index in [2.05, 4.69) is 14.3 Å². The van der Waals surface area contributed by atoms with Crippen LogP contribution < -0.4 is 4.74 Å². The van der Waals surface area contributed by atoms with Crippen LogP contribution >= 0.6 is 7.60 Å². The van der Waals surface area contributed by atoms with Gasteiger partial charge in [0.05, 0.1) is 39.2 Å². The molecule has 1 aromatic heterocycles. The normalized spacial score (nSPS) is 16.3. The van der Waals surface area contributed by atoms with Gasteiger partial charge in [0.2, 0.25) is 0 Å². The number of nitrogens with zero attached hydrogens (tertiary/aromatic N) is 3. The lowest BCUT2D eigenvalue weighted by molar-refractivity contribution is 0.0358. The Kier molecular flexibility index (Phi) is 9.67. The molecular weight excluding hydrogens is 421 g/mol. The first-order chi connectivity index (χ1) is 13.9. The Morgan fingerprint density at radius 1 is 1.24 bits per heavy atom. The number of hydrogen-bond donors (Lipinski definition) is 0. The summed E-state index contributed by atoms with van der Waals surface area (Å²) in [5.74, 6) is 1.16. The van der Waals surface area contributed by atoms with Crippen molar-refractivity contribution in [2.45, 2.75) is 25.3 Å². The molecule has 1 aliphatic heterocycles. The predicted molar refractivity (Wildman–Crippen MR) is 108 cm³/mol. The third-order valence-corrected chi connectivity index (χ3v) is 6.85. The molecule has 0 saturated carbocycles. The molecule has 0 atom stereocenters. The first-order valence-corrected chi connectivity index (χ1v) is 12.5. The standard InChI is InChI=1S/C17H28N3O7PS/c1-3-26-28(21,27-4-2)15-19-29(22,23)17-7-6-16(14-18-17)25-11-5-8-20-9-12-24-13-10-20/h6-7,14-15H,3-5,8-13H2,1-2H3. The maximum Gasteiger partial charge on any atom is 0.373 e. The molecule has 1 saturated heterocycles. The number of sulfonamides is 1. The van der Waals surface area contributed by atoms with Gasteiger partial charge in [-0.25, -0.2) is 4.98 Å². The van der Waals surface area contributed by atoms with E-state index in [4.69, 9.17) is 18.5 Å². The molecule has 10 nitrogen and oxygen atoms in total. The van der Waals surface area contributed by atoms with E-state index >= 15 is 0 Å². The minimum Gasteiger partial charge on any atom is -0.492 e. The van der Waals surface area contributed by atoms with E-state index in [0.717, 1.165) is 39.3 Å². The first-order valence-electron chi connectivity index (χ1n) is 9.48. The second kappa shape index (κ2) is 11.7. The van der Waals surface area contributed by atoms with Crippen LogP contribution in [0.2, 0.25) is 0 Å². The highest BCUT2D eigenvalue weighted by molar-refractivity contribution is 7.91. The van der Waals surface area contributed by atoms with E-state index in [-0.39, 0.29) is 18.2 Å². The molecular formula is C17H28N3O7PS. The zero-order valence-electron chi connectivity index (χ0n) is 16.7. The summed E-state index contributed by atoms with van der Waals surface area (Å²) in [5, 5.41) is -0.283. The van der Waals surface area contributed by atoms with E-state index < -0.39 is 17.6 Å². The van der Waals surface area contributed by atoms with Crippen molar-refractivity contribution >= 4 is 23.6 Å². The highest BCUT2D eigenvalue weighted by Gasteiger charge is 2.23. The van der Waals surface area contributed by atoms with Gasteiger partial charge in [0, 0.05) is 19.6 Å². The summed E-state index contributed by atoms with van der Waals surface area (Å²) in [4.78, 5) is 6.19. The van der Waals surface area contributed by atoms with Crippen molar-refractivity contribution in [3.05, 3.63) is 18.3 Å². The highest BCUT2D eigenvalue weighted by atomic mass is 32.2. The number of aromatic nitrogens is 1. The van der Waals surface area contributed by atoms with Crippen LogP contribution in [-0.4, -0.2) is 76.9 Å². The lowest BCUT2D eigenvalue weighted by Gasteiger charge is -2.26. The summed E-state index contributed by atoms with van der Waals surface area (Å²) in [6.07, 6.45) is 2.16. The van der Waals surface area contributed by atoms with Gasteiger partial charge in [-0.15, -0.1) is 0 Å². The fraction of sp³-hybridized carbons (Fsp3) is 0.647. The monoisotopic (exact) mass is 449 g/mol. The van der Waals surface area contributed by atoms with Crippen molar-refractivity contribution in [2.75, 3.05) is 52.7 Å². The van der Waals surface area contributed by atoms with Crippen molar-refractivity contribution in [3.63, 3.8) is 0 Å². The Labute approximate surface area is 171 Å². The molecule has 164 valence electrons. The molecule has 0 unspecified atom stereocenters. The van der Waals surface area contributed by atoms with Crippen LogP contribution in [0.25, 0.3) is 0 Å². The van der Waals surface area contributed by atoms with Crippen molar-refractivity contribution in [1.29, 1.82) is 0 Å². The lowest BCUT2D eigenvalue weighted by atomic mass is 10.3. The molecule has 0 spiro atoms. The topological polar surface area (TPSA) is 117 Å². The molecule has 0 aromatic carbocycles. The van der Waals surface area contributed by atoms with Crippen molar-refractivity contribution in [3.8, 4) is 5.75 Å². The summed E-state index contributed by atoms with van der Waals surface area (Å²) in [6, 6.07) is 2.80. The maximum atomic E-state index is 12.3. The van der Waals surface area contributed by atoms with Crippen LogP contribution in [0, 0.1) is 0 Å². The predicted octanol–water partition coefficient (Wildman–Crippen LogP) is 2.17. The van der Waals surface area contributed by atoms with Crippen molar-refractivity contribution < 1.29 is 31.5 Å². The number of ether oxygens (including phenoxy) is 2. The second-order valence-electron chi connectivity index (χ2n) is 6.06. The molecule has 1 aromatic rings. The summed E-state index contributed by atoms with van der Waals surface area (Å²) < 4.78 is 61.2. The molecule has 0 aliphatic carbocycles. The zero-order chi connectivity index (χ0) is 21.2. The molecule has 1 fully saturated rings. The molecule has 12 heteroatoms. The first kappa shape index (κ1) is 23.9. The average molecular weight is 449 g/mol. The van der Waals surface area contributed by atoms with Gasteiger partial charge >= 0.3 is 7.60 Å². The van der Waals surface area contributed by atoms with E-state index in [1.807, 2.05) is 0 Å². The largest absolute Gasteiger partial charge is 0.492 e. The van der Waals surface area contributed by atoms with Gasteiger partial charge in [-0.2, -0.15) is 12.8 Å². The van der Waals surface area contributed by atoms with E-state index in [1.165, 1.54) is 18.3 Å². The minimum absolute atomic E-state index is 0.0964. The van der Waals surface area contributed by atoms with E-state index in [9.17, 15) is 13.0 Å². The summed E-state index contributed by atoms with van der Waals surface area (Å²) in [5.41, 5.74) is 0. The number of pyridine rings is 1. The number of rotatable bonds is 12. The minimum atomic E-state index is -4.13. The summed E-state index contributed by atoms with van der Waals surface area (Å²) >= 11 is 0. The van der Waals surface area contributed by atoms with Gasteiger partial charge in [-0.3, -0.25) is 9.46 Å². The van der Waals surface area contributed by atoms with Gasteiger partial charge in [-0.1, -0.05) is 0 Å². The fourth-order valence-corrected chi connectivity index (χ4v) is 4.97. The van der Waals surface area contributed by atoms with Crippen molar-refractivity contribution in [2.24, 2.45) is 4.40 Å². The molecule has 0 bridgehead atoms. The Balaban J connectivity index is 1.88. The van der Waals surface area contributed by atoms with Crippen LogP contribution in [0.3, 0.4) is 0 Å². The number of hydrogen-bond acceptors (Lipinski definition) is 9.